The van der Waals surface area contributed by atoms with Gasteiger partial charge in [-0.2, -0.15) is 0 Å². The van der Waals surface area contributed by atoms with E-state index in [9.17, 15) is 0 Å². The van der Waals surface area contributed by atoms with E-state index in [1.54, 1.807) is 11.3 Å². The fourth-order valence-corrected chi connectivity index (χ4v) is 3.55. The first kappa shape index (κ1) is 13.1. The van der Waals surface area contributed by atoms with Gasteiger partial charge in [0, 0.05) is 16.0 Å². The molecule has 0 spiro atoms. The topological polar surface area (TPSA) is 16.1 Å². The van der Waals surface area contributed by atoms with E-state index in [-0.39, 0.29) is 0 Å². The van der Waals surface area contributed by atoms with E-state index in [1.807, 2.05) is 24.3 Å². The van der Waals surface area contributed by atoms with Gasteiger partial charge in [0.25, 0.3) is 0 Å². The number of thiazole rings is 1. The molecule has 0 atom stereocenters. The molecule has 0 bridgehead atoms. The fraction of sp³-hybridized carbons (Fsp3) is 0.400. The molecule has 0 aliphatic carbocycles. The van der Waals surface area contributed by atoms with Crippen molar-refractivity contribution in [2.24, 2.45) is 0 Å². The van der Waals surface area contributed by atoms with Crippen LogP contribution in [-0.4, -0.2) is 23.0 Å². The maximum absolute atomic E-state index is 6.21. The lowest BCUT2D eigenvalue weighted by Gasteiger charge is -2.25. The predicted molar refractivity (Wildman–Crippen MR) is 81.7 cm³/mol. The van der Waals surface area contributed by atoms with Crippen LogP contribution >= 0.6 is 22.9 Å². The maximum atomic E-state index is 6.21. The van der Waals surface area contributed by atoms with Crippen molar-refractivity contribution < 1.29 is 0 Å². The van der Waals surface area contributed by atoms with E-state index in [1.165, 1.54) is 37.4 Å². The van der Waals surface area contributed by atoms with Crippen molar-refractivity contribution in [3.05, 3.63) is 39.7 Å². The third kappa shape index (κ3) is 3.16. The average molecular weight is 293 g/mol. The molecule has 19 heavy (non-hydrogen) atoms. The summed E-state index contributed by atoms with van der Waals surface area (Å²) >= 11 is 7.95. The summed E-state index contributed by atoms with van der Waals surface area (Å²) in [6.07, 6.45) is 4.02. The zero-order valence-electron chi connectivity index (χ0n) is 10.8. The third-order valence-electron chi connectivity index (χ3n) is 3.51. The molecule has 4 heteroatoms. The molecule has 2 aromatic rings. The highest BCUT2D eigenvalue weighted by Crippen LogP contribution is 2.29. The molecule has 2 heterocycles. The molecular weight excluding hydrogens is 276 g/mol. The van der Waals surface area contributed by atoms with Crippen molar-refractivity contribution in [3.63, 3.8) is 0 Å². The summed E-state index contributed by atoms with van der Waals surface area (Å²) in [7, 11) is 0. The second-order valence-corrected chi connectivity index (χ2v) is 6.29. The lowest BCUT2D eigenvalue weighted by Crippen LogP contribution is -2.28. The quantitative estimate of drug-likeness (QED) is 0.831. The van der Waals surface area contributed by atoms with E-state index in [4.69, 9.17) is 16.6 Å². The molecule has 1 fully saturated rings. The minimum absolute atomic E-state index is 0.775. The van der Waals surface area contributed by atoms with Gasteiger partial charge < -0.3 is 0 Å². The van der Waals surface area contributed by atoms with Gasteiger partial charge in [0.1, 0.15) is 5.01 Å². The Balaban J connectivity index is 1.74. The van der Waals surface area contributed by atoms with Crippen molar-refractivity contribution in [3.8, 4) is 11.3 Å². The number of rotatable bonds is 3. The molecular formula is C15H17ClN2S. The van der Waals surface area contributed by atoms with Crippen molar-refractivity contribution in [1.82, 2.24) is 9.88 Å². The smallest absolute Gasteiger partial charge is 0.107 e. The number of likely N-dealkylation sites (tertiary alicyclic amines) is 1. The van der Waals surface area contributed by atoms with E-state index in [2.05, 4.69) is 10.3 Å². The summed E-state index contributed by atoms with van der Waals surface area (Å²) in [6.45, 7) is 3.40. The minimum atomic E-state index is 0.775. The Morgan fingerprint density at radius 1 is 1.16 bits per heavy atom. The van der Waals surface area contributed by atoms with Gasteiger partial charge in [-0.3, -0.25) is 4.90 Å². The summed E-state index contributed by atoms with van der Waals surface area (Å²) in [5.74, 6) is 0. The highest BCUT2D eigenvalue weighted by molar-refractivity contribution is 7.09. The van der Waals surface area contributed by atoms with Crippen LogP contribution in [0.25, 0.3) is 11.3 Å². The zero-order valence-corrected chi connectivity index (χ0v) is 12.4. The average Bonchev–Trinajstić information content (AvgIpc) is 2.89. The Morgan fingerprint density at radius 2 is 1.95 bits per heavy atom. The minimum Gasteiger partial charge on any atom is -0.297 e. The Bertz CT molecular complexity index is 547. The number of benzene rings is 1. The van der Waals surface area contributed by atoms with E-state index in [0.29, 0.717) is 0 Å². The molecule has 0 saturated carbocycles. The Labute approximate surface area is 123 Å². The molecule has 1 aromatic heterocycles. The van der Waals surface area contributed by atoms with Gasteiger partial charge in [-0.25, -0.2) is 4.98 Å². The summed E-state index contributed by atoms with van der Waals surface area (Å²) in [5.41, 5.74) is 2.04. The predicted octanol–water partition coefficient (Wildman–Crippen LogP) is 4.45. The number of piperidine rings is 1. The standard InChI is InChI=1S/C15H17ClN2S/c16-13-7-3-2-6-12(13)14-11-19-15(17-14)10-18-8-4-1-5-9-18/h2-3,6-7,11H,1,4-5,8-10H2. The monoisotopic (exact) mass is 292 g/mol. The van der Waals surface area contributed by atoms with Crippen molar-refractivity contribution in [1.29, 1.82) is 0 Å². The first-order valence-corrected chi connectivity index (χ1v) is 8.00. The van der Waals surface area contributed by atoms with Gasteiger partial charge >= 0.3 is 0 Å². The first-order valence-electron chi connectivity index (χ1n) is 6.74. The number of halogens is 1. The van der Waals surface area contributed by atoms with Crippen LogP contribution in [0.1, 0.15) is 24.3 Å². The van der Waals surface area contributed by atoms with Gasteiger partial charge in [-0.15, -0.1) is 11.3 Å². The van der Waals surface area contributed by atoms with Crippen LogP contribution in [0, 0.1) is 0 Å². The normalized spacial score (nSPS) is 16.7. The zero-order chi connectivity index (χ0) is 13.1. The molecule has 1 aliphatic heterocycles. The van der Waals surface area contributed by atoms with E-state index < -0.39 is 0 Å². The molecule has 1 saturated heterocycles. The largest absolute Gasteiger partial charge is 0.297 e. The Hall–Kier alpha value is -0.900. The summed E-state index contributed by atoms with van der Waals surface area (Å²) in [6, 6.07) is 7.90. The number of hydrogen-bond acceptors (Lipinski definition) is 3. The van der Waals surface area contributed by atoms with Crippen molar-refractivity contribution in [2.45, 2.75) is 25.8 Å². The maximum Gasteiger partial charge on any atom is 0.107 e. The summed E-state index contributed by atoms with van der Waals surface area (Å²) in [5, 5.41) is 4.08. The molecule has 2 nitrogen and oxygen atoms in total. The summed E-state index contributed by atoms with van der Waals surface area (Å²) in [4.78, 5) is 7.23. The first-order chi connectivity index (χ1) is 9.33. The number of hydrogen-bond donors (Lipinski definition) is 0. The van der Waals surface area contributed by atoms with Gasteiger partial charge in [0.15, 0.2) is 0 Å². The van der Waals surface area contributed by atoms with Crippen LogP contribution in [0.2, 0.25) is 5.02 Å². The van der Waals surface area contributed by atoms with E-state index in [0.717, 1.165) is 22.8 Å². The van der Waals surface area contributed by atoms with Crippen LogP contribution < -0.4 is 0 Å². The number of aromatic nitrogens is 1. The molecule has 0 unspecified atom stereocenters. The lowest BCUT2D eigenvalue weighted by molar-refractivity contribution is 0.220. The van der Waals surface area contributed by atoms with Crippen LogP contribution in [0.4, 0.5) is 0 Å². The van der Waals surface area contributed by atoms with Gasteiger partial charge in [-0.05, 0) is 32.0 Å². The molecule has 1 aliphatic rings. The SMILES string of the molecule is Clc1ccccc1-c1csc(CN2CCCCC2)n1. The summed E-state index contributed by atoms with van der Waals surface area (Å²) < 4.78 is 0. The van der Waals surface area contributed by atoms with Crippen LogP contribution in [0.5, 0.6) is 0 Å². The fourth-order valence-electron chi connectivity index (χ4n) is 2.48. The molecule has 0 amide bonds. The van der Waals surface area contributed by atoms with Gasteiger partial charge in [0.2, 0.25) is 0 Å². The molecule has 0 radical (unpaired) electrons. The lowest BCUT2D eigenvalue weighted by atomic mass is 10.1. The third-order valence-corrected chi connectivity index (χ3v) is 4.67. The molecule has 0 N–H and O–H groups in total. The molecule has 100 valence electrons. The second kappa shape index (κ2) is 6.04. The van der Waals surface area contributed by atoms with Crippen LogP contribution in [-0.2, 0) is 6.54 Å². The second-order valence-electron chi connectivity index (χ2n) is 4.94. The van der Waals surface area contributed by atoms with Gasteiger partial charge in [0.05, 0.1) is 12.2 Å². The van der Waals surface area contributed by atoms with Crippen molar-refractivity contribution >= 4 is 22.9 Å². The van der Waals surface area contributed by atoms with E-state index >= 15 is 0 Å². The van der Waals surface area contributed by atoms with Crippen molar-refractivity contribution in [2.75, 3.05) is 13.1 Å². The van der Waals surface area contributed by atoms with Crippen LogP contribution in [0.15, 0.2) is 29.6 Å². The highest BCUT2D eigenvalue weighted by Gasteiger charge is 2.13. The molecule has 3 rings (SSSR count). The van der Waals surface area contributed by atoms with Gasteiger partial charge in [-0.1, -0.05) is 36.2 Å². The highest BCUT2D eigenvalue weighted by atomic mass is 35.5. The number of nitrogens with zero attached hydrogens (tertiary/aromatic N) is 2. The Kier molecular flexibility index (Phi) is 4.16. The Morgan fingerprint density at radius 3 is 2.74 bits per heavy atom. The molecule has 1 aromatic carbocycles. The van der Waals surface area contributed by atoms with Crippen LogP contribution in [0.3, 0.4) is 0 Å².